The van der Waals surface area contributed by atoms with E-state index in [1.165, 1.54) is 0 Å². The van der Waals surface area contributed by atoms with Gasteiger partial charge in [0.05, 0.1) is 52.7 Å². The molecule has 0 spiro atoms. The molecule has 0 bridgehead atoms. The molecule has 2 fully saturated rings. The summed E-state index contributed by atoms with van der Waals surface area (Å²) >= 11 is 2.38. The highest BCUT2D eigenvalue weighted by Gasteiger charge is 2.56. The van der Waals surface area contributed by atoms with Gasteiger partial charge >= 0.3 is 6.09 Å². The number of aryl methyl sites for hydroxylation is 2. The van der Waals surface area contributed by atoms with Crippen LogP contribution in [0.2, 0.25) is 0 Å². The Kier molecular flexibility index (Phi) is 14.9. The first-order valence-corrected chi connectivity index (χ1v) is 27.7. The molecule has 2 aliphatic carbocycles. The molecule has 1 amide bonds. The second kappa shape index (κ2) is 21.3. The molecule has 0 unspecified atom stereocenters. The Hall–Kier alpha value is -7.26. The molecule has 16 nitrogen and oxygen atoms in total. The fourth-order valence-electron chi connectivity index (χ4n) is 10.8. The molecular weight excluding hydrogens is 1120 g/mol. The standard InChI is InChI=1S/C32H33N5O4.C27H25N5O2.C4H9I/c1-20-14-26-33-16-23-15-25(21-8-6-5-7-9-21)27(34-28(23)37(26)36-20)22-10-12-24(13-11-22)32(17-31(40,18-32)19-38)35-29(39)41-30(2,3)4;1-17-11-23-29-13-20-12-22(18-5-3-2-4-6-18)24(30-25(20)32(23)31-17)19-7-9-21(10-8-19)27(28)14-26(34,15-27)16-33;1-4(2,3)5/h5-16,38,40H,17-19H2,1-4H3,(H,35,39);2-13,33-34H,14-16,28H2,1H3;1-3H3. The topological polar surface area (TPSA) is 231 Å². The van der Waals surface area contributed by atoms with Crippen molar-refractivity contribution in [2.24, 2.45) is 5.73 Å². The van der Waals surface area contributed by atoms with Crippen molar-refractivity contribution >= 4 is 62.0 Å². The van der Waals surface area contributed by atoms with Gasteiger partial charge in [0.1, 0.15) is 5.60 Å². The number of alkyl carbamates (subject to hydrolysis) is 1. The summed E-state index contributed by atoms with van der Waals surface area (Å²) in [6, 6.07) is 44.1. The predicted octanol–water partition coefficient (Wildman–Crippen LogP) is 11.0. The molecule has 0 atom stereocenters. The Morgan fingerprint density at radius 1 is 0.613 bits per heavy atom. The van der Waals surface area contributed by atoms with Crippen molar-refractivity contribution < 1.29 is 30.0 Å². The minimum Gasteiger partial charge on any atom is -0.444 e. The quantitative estimate of drug-likeness (QED) is 0.0584. The molecule has 80 heavy (non-hydrogen) atoms. The Bertz CT molecular complexity index is 3870. The Labute approximate surface area is 478 Å². The number of hydrogen-bond donors (Lipinski definition) is 6. The number of hydrogen-bond acceptors (Lipinski definition) is 13. The molecule has 4 aromatic carbocycles. The first-order chi connectivity index (χ1) is 37.8. The fraction of sp³-hybridized carbons (Fsp3) is 0.317. The highest BCUT2D eigenvalue weighted by atomic mass is 127. The number of nitrogens with one attached hydrogen (secondary N) is 1. The maximum atomic E-state index is 12.8. The summed E-state index contributed by atoms with van der Waals surface area (Å²) in [6.07, 6.45) is 4.10. The highest BCUT2D eigenvalue weighted by molar-refractivity contribution is 14.1. The number of rotatable bonds is 9. The van der Waals surface area contributed by atoms with Gasteiger partial charge in [-0.25, -0.2) is 24.7 Å². The Morgan fingerprint density at radius 2 is 1.01 bits per heavy atom. The second-order valence-electron chi connectivity index (χ2n) is 23.5. The molecule has 412 valence electrons. The lowest BCUT2D eigenvalue weighted by atomic mass is 9.62. The van der Waals surface area contributed by atoms with E-state index < -0.39 is 34.0 Å². The van der Waals surface area contributed by atoms with Crippen molar-refractivity contribution in [2.75, 3.05) is 13.2 Å². The molecule has 6 heterocycles. The summed E-state index contributed by atoms with van der Waals surface area (Å²) in [6.45, 7) is 15.1. The van der Waals surface area contributed by atoms with Crippen LogP contribution in [0.1, 0.15) is 89.7 Å². The van der Waals surface area contributed by atoms with Gasteiger partial charge in [0.25, 0.3) is 0 Å². The number of carbonyl (C=O) groups excluding carboxylic acids is 1. The van der Waals surface area contributed by atoms with Crippen LogP contribution in [0.5, 0.6) is 0 Å². The molecule has 6 aromatic heterocycles. The zero-order chi connectivity index (χ0) is 57.0. The summed E-state index contributed by atoms with van der Waals surface area (Å²) < 4.78 is 9.53. The lowest BCUT2D eigenvalue weighted by Crippen LogP contribution is -2.64. The van der Waals surface area contributed by atoms with Crippen LogP contribution in [0.4, 0.5) is 4.79 Å². The van der Waals surface area contributed by atoms with Gasteiger partial charge in [0, 0.05) is 92.2 Å². The Morgan fingerprint density at radius 3 is 1.41 bits per heavy atom. The zero-order valence-electron chi connectivity index (χ0n) is 46.2. The number of amides is 1. The lowest BCUT2D eigenvalue weighted by Gasteiger charge is -2.53. The average molecular weight is 1190 g/mol. The molecule has 0 radical (unpaired) electrons. The largest absolute Gasteiger partial charge is 0.444 e. The van der Waals surface area contributed by atoms with Crippen LogP contribution in [-0.2, 0) is 15.8 Å². The van der Waals surface area contributed by atoms with E-state index in [2.05, 4.69) is 105 Å². The molecule has 10 aromatic rings. The van der Waals surface area contributed by atoms with Gasteiger partial charge in [-0.15, -0.1) is 0 Å². The maximum Gasteiger partial charge on any atom is 0.408 e. The highest BCUT2D eigenvalue weighted by Crippen LogP contribution is 2.50. The van der Waals surface area contributed by atoms with E-state index in [0.717, 1.165) is 95.0 Å². The third-order valence-electron chi connectivity index (χ3n) is 14.3. The summed E-state index contributed by atoms with van der Waals surface area (Å²) in [5.74, 6) is 0. The van der Waals surface area contributed by atoms with Crippen molar-refractivity contribution in [3.05, 3.63) is 168 Å². The number of halogens is 1. The van der Waals surface area contributed by atoms with E-state index in [1.54, 1.807) is 29.8 Å². The van der Waals surface area contributed by atoms with Gasteiger partial charge in [0.2, 0.25) is 0 Å². The van der Waals surface area contributed by atoms with E-state index >= 15 is 0 Å². The second-order valence-corrected chi connectivity index (χ2v) is 26.7. The molecule has 0 saturated heterocycles. The summed E-state index contributed by atoms with van der Waals surface area (Å²) in [5, 5.41) is 54.0. The van der Waals surface area contributed by atoms with Crippen molar-refractivity contribution in [2.45, 2.75) is 112 Å². The number of aliphatic hydroxyl groups is 4. The SMILES string of the molecule is CC(C)(C)I.Cc1cc2ncc3cc(-c4ccccc4)c(-c4ccc(C5(N)CC(O)(CO)C5)cc4)nc3n2n1.Cc1cc2ncc3cc(-c4ccccc4)c(-c4ccc(C5(NC(=O)OC(C)(C)C)CC(O)(CO)C5)cc4)nc3n2n1. The molecular formula is C63H67IN10O6. The van der Waals surface area contributed by atoms with E-state index in [-0.39, 0.29) is 26.1 Å². The van der Waals surface area contributed by atoms with Crippen molar-refractivity contribution in [1.82, 2.24) is 44.5 Å². The van der Waals surface area contributed by atoms with Gasteiger partial charge in [-0.3, -0.25) is 0 Å². The zero-order valence-corrected chi connectivity index (χ0v) is 48.4. The molecule has 2 aliphatic rings. The van der Waals surface area contributed by atoms with Gasteiger partial charge in [-0.1, -0.05) is 153 Å². The summed E-state index contributed by atoms with van der Waals surface area (Å²) in [5.41, 5.74) is 15.9. The van der Waals surface area contributed by atoms with Gasteiger partial charge in [-0.2, -0.15) is 19.2 Å². The normalized spacial score (nSPS) is 20.8. The third kappa shape index (κ3) is 11.8. The monoisotopic (exact) mass is 1190 g/mol. The minimum absolute atomic E-state index is 0.169. The van der Waals surface area contributed by atoms with Crippen LogP contribution in [0.25, 0.3) is 78.1 Å². The average Bonchev–Trinajstić information content (AvgIpc) is 4.15. The molecule has 0 aliphatic heterocycles. The van der Waals surface area contributed by atoms with E-state index in [4.69, 9.17) is 20.4 Å². The first kappa shape index (κ1) is 56.0. The van der Waals surface area contributed by atoms with Crippen LogP contribution in [0.15, 0.2) is 146 Å². The number of pyridine rings is 2. The first-order valence-electron chi connectivity index (χ1n) is 26.7. The van der Waals surface area contributed by atoms with Crippen LogP contribution < -0.4 is 11.1 Å². The number of aromatic nitrogens is 8. The number of alkyl halides is 1. The minimum atomic E-state index is -1.27. The number of aliphatic hydroxyl groups excluding tert-OH is 2. The van der Waals surface area contributed by atoms with E-state index in [0.29, 0.717) is 21.9 Å². The van der Waals surface area contributed by atoms with Crippen molar-refractivity contribution in [1.29, 1.82) is 0 Å². The van der Waals surface area contributed by atoms with Crippen LogP contribution in [0, 0.1) is 13.8 Å². The number of nitrogens with two attached hydrogens (primary N) is 1. The molecule has 12 rings (SSSR count). The summed E-state index contributed by atoms with van der Waals surface area (Å²) in [7, 11) is 0. The van der Waals surface area contributed by atoms with Crippen molar-refractivity contribution in [3.8, 4) is 44.8 Å². The maximum absolute atomic E-state index is 12.8. The predicted molar refractivity (Wildman–Crippen MR) is 321 cm³/mol. The van der Waals surface area contributed by atoms with Gasteiger partial charge < -0.3 is 36.2 Å². The smallest absolute Gasteiger partial charge is 0.408 e. The number of benzene rings is 4. The van der Waals surface area contributed by atoms with Gasteiger partial charge in [0.15, 0.2) is 22.6 Å². The van der Waals surface area contributed by atoms with Crippen LogP contribution in [-0.4, -0.2) is 99.1 Å². The molecule has 7 N–H and O–H groups in total. The third-order valence-corrected chi connectivity index (χ3v) is 14.3. The Balaban J connectivity index is 0.000000168. The number of fused-ring (bicyclic) bond motifs is 6. The number of nitrogens with zero attached hydrogens (tertiary/aromatic N) is 8. The number of ether oxygens (including phenoxy) is 1. The lowest BCUT2D eigenvalue weighted by molar-refractivity contribution is -0.131. The van der Waals surface area contributed by atoms with E-state index in [9.17, 15) is 25.2 Å². The van der Waals surface area contributed by atoms with Crippen LogP contribution in [0.3, 0.4) is 0 Å². The van der Waals surface area contributed by atoms with E-state index in [1.807, 2.05) is 123 Å². The van der Waals surface area contributed by atoms with Crippen LogP contribution >= 0.6 is 22.6 Å². The molecule has 17 heteroatoms. The molecule has 2 saturated carbocycles. The van der Waals surface area contributed by atoms with Crippen molar-refractivity contribution in [3.63, 3.8) is 0 Å². The summed E-state index contributed by atoms with van der Waals surface area (Å²) in [4.78, 5) is 32.1. The van der Waals surface area contributed by atoms with Gasteiger partial charge in [-0.05, 0) is 69.0 Å². The fourth-order valence-corrected chi connectivity index (χ4v) is 10.8. The number of carbonyl (C=O) groups is 1.